The molecule has 2 unspecified atom stereocenters. The number of rotatable bonds is 8. The number of methoxy groups -OCH3 is 1. The first kappa shape index (κ1) is 20.7. The van der Waals surface area contributed by atoms with Crippen LogP contribution in [-0.2, 0) is 16.0 Å². The molecule has 1 saturated heterocycles. The summed E-state index contributed by atoms with van der Waals surface area (Å²) in [5.74, 6) is 1.84. The van der Waals surface area contributed by atoms with Gasteiger partial charge in [-0.25, -0.2) is 0 Å². The molecule has 0 aromatic heterocycles. The van der Waals surface area contributed by atoms with E-state index in [-0.39, 0.29) is 11.8 Å². The van der Waals surface area contributed by atoms with Crippen LogP contribution in [0, 0.1) is 5.92 Å². The summed E-state index contributed by atoms with van der Waals surface area (Å²) in [7, 11) is 1.65. The van der Waals surface area contributed by atoms with E-state index in [1.807, 2.05) is 24.3 Å². The van der Waals surface area contributed by atoms with Gasteiger partial charge in [-0.1, -0.05) is 25.0 Å². The molecule has 154 valence electrons. The average Bonchev–Trinajstić information content (AvgIpc) is 2.73. The number of nitrogens with one attached hydrogen (secondary N) is 1. The van der Waals surface area contributed by atoms with Crippen molar-refractivity contribution in [2.45, 2.75) is 70.3 Å². The average molecular weight is 387 g/mol. The maximum absolute atomic E-state index is 12.7. The number of hydrogen-bond donors (Lipinski definition) is 1. The zero-order chi connectivity index (χ0) is 19.8. The Morgan fingerprint density at radius 2 is 1.82 bits per heavy atom. The molecule has 3 rings (SSSR count). The smallest absolute Gasteiger partial charge is 0.222 e. The lowest BCUT2D eigenvalue weighted by Crippen LogP contribution is -2.49. The van der Waals surface area contributed by atoms with Gasteiger partial charge in [0.25, 0.3) is 0 Å². The second-order valence-electron chi connectivity index (χ2n) is 8.14. The molecule has 2 amide bonds. The minimum Gasteiger partial charge on any atom is -0.497 e. The van der Waals surface area contributed by atoms with Crippen molar-refractivity contribution < 1.29 is 14.3 Å². The third-order valence-corrected chi connectivity index (χ3v) is 6.25. The molecule has 1 N–H and O–H groups in total. The quantitative estimate of drug-likeness (QED) is 0.741. The van der Waals surface area contributed by atoms with Crippen LogP contribution in [0.2, 0.25) is 0 Å². The van der Waals surface area contributed by atoms with Crippen LogP contribution in [0.5, 0.6) is 5.75 Å². The first-order valence-corrected chi connectivity index (χ1v) is 10.9. The van der Waals surface area contributed by atoms with Crippen LogP contribution in [0.15, 0.2) is 24.3 Å². The standard InChI is InChI=1S/C23H34N2O3/c1-28-20-13-11-18(12-14-20)15-16-24-22(26)9-4-10-23(27)25-17-5-7-19-6-2-3-8-21(19)25/h11-14,19,21H,2-10,15-17H2,1H3,(H,24,26). The summed E-state index contributed by atoms with van der Waals surface area (Å²) in [5, 5.41) is 2.96. The number of piperidine rings is 1. The van der Waals surface area contributed by atoms with Crippen molar-refractivity contribution in [1.29, 1.82) is 0 Å². The van der Waals surface area contributed by atoms with Crippen LogP contribution in [0.4, 0.5) is 0 Å². The molecule has 5 heteroatoms. The fraction of sp³-hybridized carbons (Fsp3) is 0.652. The van der Waals surface area contributed by atoms with Crippen molar-refractivity contribution in [3.63, 3.8) is 0 Å². The van der Waals surface area contributed by atoms with Crippen LogP contribution in [0.25, 0.3) is 0 Å². The molecule has 2 aliphatic rings. The number of hydrogen-bond acceptors (Lipinski definition) is 3. The van der Waals surface area contributed by atoms with Crippen molar-refractivity contribution in [3.8, 4) is 5.75 Å². The van der Waals surface area contributed by atoms with E-state index in [9.17, 15) is 9.59 Å². The molecule has 0 bridgehead atoms. The Morgan fingerprint density at radius 3 is 2.61 bits per heavy atom. The highest BCUT2D eigenvalue weighted by atomic mass is 16.5. The van der Waals surface area contributed by atoms with E-state index in [4.69, 9.17) is 4.74 Å². The normalized spacial score (nSPS) is 21.7. The van der Waals surface area contributed by atoms with Crippen LogP contribution in [0.3, 0.4) is 0 Å². The molecule has 28 heavy (non-hydrogen) atoms. The number of benzene rings is 1. The predicted molar refractivity (Wildman–Crippen MR) is 110 cm³/mol. The van der Waals surface area contributed by atoms with Crippen molar-refractivity contribution >= 4 is 11.8 Å². The number of likely N-dealkylation sites (tertiary alicyclic amines) is 1. The zero-order valence-corrected chi connectivity index (χ0v) is 17.1. The molecular formula is C23H34N2O3. The van der Waals surface area contributed by atoms with E-state index in [0.717, 1.165) is 25.1 Å². The van der Waals surface area contributed by atoms with E-state index in [1.54, 1.807) is 7.11 Å². The summed E-state index contributed by atoms with van der Waals surface area (Å²) in [6.07, 6.45) is 9.80. The number of carbonyl (C=O) groups excluding carboxylic acids is 2. The predicted octanol–water partition coefficient (Wildman–Crippen LogP) is 3.71. The Balaban J connectivity index is 1.32. The largest absolute Gasteiger partial charge is 0.497 e. The summed E-state index contributed by atoms with van der Waals surface area (Å²) >= 11 is 0. The first-order chi connectivity index (χ1) is 13.7. The van der Waals surface area contributed by atoms with Gasteiger partial charge in [0.05, 0.1) is 7.11 Å². The van der Waals surface area contributed by atoms with Gasteiger partial charge in [-0.05, 0) is 62.1 Å². The highest BCUT2D eigenvalue weighted by molar-refractivity contribution is 5.79. The zero-order valence-electron chi connectivity index (χ0n) is 17.1. The van der Waals surface area contributed by atoms with E-state index in [1.165, 1.54) is 37.7 Å². The topological polar surface area (TPSA) is 58.6 Å². The summed E-state index contributed by atoms with van der Waals surface area (Å²) < 4.78 is 5.15. The minimum atomic E-state index is 0.0375. The molecule has 0 radical (unpaired) electrons. The summed E-state index contributed by atoms with van der Waals surface area (Å²) in [6, 6.07) is 8.36. The Labute approximate surface area is 168 Å². The van der Waals surface area contributed by atoms with Crippen molar-refractivity contribution in [2.75, 3.05) is 20.2 Å². The molecule has 1 aliphatic heterocycles. The molecule has 0 spiro atoms. The van der Waals surface area contributed by atoms with Crippen LogP contribution in [-0.4, -0.2) is 43.0 Å². The number of amides is 2. The van der Waals surface area contributed by atoms with Gasteiger partial charge in [0.1, 0.15) is 5.75 Å². The highest BCUT2D eigenvalue weighted by Crippen LogP contribution is 2.35. The van der Waals surface area contributed by atoms with Crippen LogP contribution >= 0.6 is 0 Å². The van der Waals surface area contributed by atoms with Gasteiger partial charge in [-0.2, -0.15) is 0 Å². The molecular weight excluding hydrogens is 352 g/mol. The van der Waals surface area contributed by atoms with Crippen molar-refractivity contribution in [1.82, 2.24) is 10.2 Å². The van der Waals surface area contributed by atoms with E-state index in [2.05, 4.69) is 10.2 Å². The molecule has 1 aromatic carbocycles. The Morgan fingerprint density at radius 1 is 1.07 bits per heavy atom. The molecule has 1 saturated carbocycles. The highest BCUT2D eigenvalue weighted by Gasteiger charge is 2.35. The van der Waals surface area contributed by atoms with Gasteiger partial charge < -0.3 is 15.0 Å². The molecule has 2 atom stereocenters. The lowest BCUT2D eigenvalue weighted by atomic mass is 9.78. The number of nitrogens with zero attached hydrogens (tertiary/aromatic N) is 1. The van der Waals surface area contributed by atoms with Gasteiger partial charge >= 0.3 is 0 Å². The first-order valence-electron chi connectivity index (χ1n) is 10.9. The van der Waals surface area contributed by atoms with Gasteiger partial charge in [0, 0.05) is 32.0 Å². The van der Waals surface area contributed by atoms with Crippen molar-refractivity contribution in [3.05, 3.63) is 29.8 Å². The van der Waals surface area contributed by atoms with Crippen LogP contribution in [0.1, 0.15) is 63.4 Å². The SMILES string of the molecule is COc1ccc(CCNC(=O)CCCC(=O)N2CCCC3CCCCC32)cc1. The molecule has 1 aromatic rings. The van der Waals surface area contributed by atoms with Gasteiger partial charge in [0.15, 0.2) is 0 Å². The summed E-state index contributed by atoms with van der Waals surface area (Å²) in [4.78, 5) is 26.9. The number of fused-ring (bicyclic) bond motifs is 1. The molecule has 2 fully saturated rings. The fourth-order valence-corrected chi connectivity index (χ4v) is 4.71. The third-order valence-electron chi connectivity index (χ3n) is 6.25. The third kappa shape index (κ3) is 5.73. The number of ether oxygens (including phenoxy) is 1. The fourth-order valence-electron chi connectivity index (χ4n) is 4.71. The van der Waals surface area contributed by atoms with Gasteiger partial charge in [0.2, 0.25) is 11.8 Å². The Kier molecular flexibility index (Phi) is 7.75. The summed E-state index contributed by atoms with van der Waals surface area (Å²) in [5.41, 5.74) is 1.17. The number of carbonyl (C=O) groups is 2. The maximum Gasteiger partial charge on any atom is 0.222 e. The minimum absolute atomic E-state index is 0.0375. The molecule has 5 nitrogen and oxygen atoms in total. The maximum atomic E-state index is 12.7. The van der Waals surface area contributed by atoms with E-state index in [0.29, 0.717) is 37.8 Å². The monoisotopic (exact) mass is 386 g/mol. The second kappa shape index (κ2) is 10.5. The van der Waals surface area contributed by atoms with Crippen LogP contribution < -0.4 is 10.1 Å². The van der Waals surface area contributed by atoms with Gasteiger partial charge in [-0.3, -0.25) is 9.59 Å². The molecule has 1 heterocycles. The Hall–Kier alpha value is -2.04. The lowest BCUT2D eigenvalue weighted by Gasteiger charge is -2.44. The van der Waals surface area contributed by atoms with E-state index >= 15 is 0 Å². The van der Waals surface area contributed by atoms with E-state index < -0.39 is 0 Å². The lowest BCUT2D eigenvalue weighted by molar-refractivity contribution is -0.137. The second-order valence-corrected chi connectivity index (χ2v) is 8.14. The Bertz CT molecular complexity index is 642. The molecule has 1 aliphatic carbocycles. The summed E-state index contributed by atoms with van der Waals surface area (Å²) in [6.45, 7) is 1.53. The van der Waals surface area contributed by atoms with Crippen molar-refractivity contribution in [2.24, 2.45) is 5.92 Å². The van der Waals surface area contributed by atoms with Gasteiger partial charge in [-0.15, -0.1) is 0 Å².